The maximum Gasteiger partial charge on any atom is 0.241 e. The first kappa shape index (κ1) is 16.4. The van der Waals surface area contributed by atoms with Crippen LogP contribution in [0.15, 0.2) is 0 Å². The van der Waals surface area contributed by atoms with E-state index in [4.69, 9.17) is 0 Å². The Kier molecular flexibility index (Phi) is 6.26. The first-order valence-electron chi connectivity index (χ1n) is 7.22. The molecule has 0 bridgehead atoms. The van der Waals surface area contributed by atoms with E-state index in [0.717, 1.165) is 25.7 Å². The lowest BCUT2D eigenvalue weighted by Gasteiger charge is -2.22. The lowest BCUT2D eigenvalue weighted by Crippen LogP contribution is -2.39. The minimum absolute atomic E-state index is 0.0126. The summed E-state index contributed by atoms with van der Waals surface area (Å²) in [6, 6.07) is -0.130. The summed E-state index contributed by atoms with van der Waals surface area (Å²) in [6.07, 6.45) is 3.71. The molecule has 1 aliphatic rings. The van der Waals surface area contributed by atoms with Crippen molar-refractivity contribution in [2.45, 2.75) is 58.7 Å². The van der Waals surface area contributed by atoms with E-state index < -0.39 is 9.84 Å². The van der Waals surface area contributed by atoms with Crippen LogP contribution in [0.1, 0.15) is 46.5 Å². The van der Waals surface area contributed by atoms with Gasteiger partial charge in [-0.3, -0.25) is 10.1 Å². The average Bonchev–Trinajstić information content (AvgIpc) is 2.70. The Balaban J connectivity index is 2.62. The summed E-state index contributed by atoms with van der Waals surface area (Å²) < 4.78 is 23.1. The maximum absolute atomic E-state index is 12.3. The summed E-state index contributed by atoms with van der Waals surface area (Å²) in [5.74, 6) is 0.262. The van der Waals surface area contributed by atoms with Crippen LogP contribution in [-0.2, 0) is 14.6 Å². The third-order valence-electron chi connectivity index (χ3n) is 3.67. The molecule has 1 fully saturated rings. The van der Waals surface area contributed by atoms with Crippen LogP contribution in [0.4, 0.5) is 0 Å². The molecule has 1 N–H and O–H groups in total. The molecular weight excluding hydrogens is 264 g/mol. The van der Waals surface area contributed by atoms with Gasteiger partial charge in [0.25, 0.3) is 0 Å². The molecule has 0 radical (unpaired) electrons. The molecule has 0 aromatic heterocycles. The normalized spacial score (nSPS) is 24.2. The highest BCUT2D eigenvalue weighted by atomic mass is 32.2. The summed E-state index contributed by atoms with van der Waals surface area (Å²) in [4.78, 5) is 14.0. The number of hydrogen-bond donors (Lipinski definition) is 1. The Morgan fingerprint density at radius 2 is 1.95 bits per heavy atom. The highest BCUT2D eigenvalue weighted by Crippen LogP contribution is 2.17. The second kappa shape index (κ2) is 7.24. The molecule has 1 aliphatic heterocycles. The molecular formula is C13H26N2O3S. The minimum atomic E-state index is -3.02. The lowest BCUT2D eigenvalue weighted by atomic mass is 10.1. The summed E-state index contributed by atoms with van der Waals surface area (Å²) in [5.41, 5.74) is 0. The molecule has 0 aromatic carbocycles. The molecule has 6 heteroatoms. The summed E-state index contributed by atoms with van der Waals surface area (Å²) >= 11 is 0. The second-order valence-corrected chi connectivity index (χ2v) is 7.53. The fourth-order valence-electron chi connectivity index (χ4n) is 2.35. The van der Waals surface area contributed by atoms with Gasteiger partial charge in [0, 0.05) is 12.3 Å². The van der Waals surface area contributed by atoms with E-state index in [2.05, 4.69) is 12.2 Å². The Bertz CT molecular complexity index is 395. The molecule has 1 saturated heterocycles. The Morgan fingerprint density at radius 1 is 1.26 bits per heavy atom. The fraction of sp³-hybridized carbons (Fsp3) is 0.923. The highest BCUT2D eigenvalue weighted by molar-refractivity contribution is 7.91. The molecule has 0 saturated carbocycles. The maximum atomic E-state index is 12.3. The Labute approximate surface area is 116 Å². The van der Waals surface area contributed by atoms with Crippen molar-refractivity contribution >= 4 is 15.7 Å². The molecule has 2 atom stereocenters. The van der Waals surface area contributed by atoms with E-state index in [1.165, 1.54) is 0 Å². The zero-order valence-corrected chi connectivity index (χ0v) is 13.0. The molecule has 0 spiro atoms. The zero-order valence-electron chi connectivity index (χ0n) is 12.2. The van der Waals surface area contributed by atoms with Crippen LogP contribution in [0.5, 0.6) is 0 Å². The van der Waals surface area contributed by atoms with E-state index in [1.807, 2.05) is 6.92 Å². The number of carbonyl (C=O) groups excluding carboxylic acids is 1. The van der Waals surface area contributed by atoms with E-state index in [1.54, 1.807) is 11.8 Å². The van der Waals surface area contributed by atoms with Crippen molar-refractivity contribution in [3.05, 3.63) is 0 Å². The van der Waals surface area contributed by atoms with Crippen molar-refractivity contribution in [1.29, 1.82) is 0 Å². The van der Waals surface area contributed by atoms with Crippen LogP contribution >= 0.6 is 0 Å². The topological polar surface area (TPSA) is 66.5 Å². The van der Waals surface area contributed by atoms with Crippen molar-refractivity contribution in [1.82, 2.24) is 10.2 Å². The van der Waals surface area contributed by atoms with Gasteiger partial charge in [-0.05, 0) is 12.8 Å². The standard InChI is InChI=1S/C13H26N2O3S/c1-4-7-8-11-13(16)15(12(5-2)14-11)9-10-19(17,18)6-3/h11-12,14H,4-10H2,1-3H3. The van der Waals surface area contributed by atoms with Gasteiger partial charge in [-0.25, -0.2) is 8.42 Å². The Hall–Kier alpha value is -0.620. The predicted octanol–water partition coefficient (Wildman–Crippen LogP) is 1.15. The van der Waals surface area contributed by atoms with Gasteiger partial charge in [-0.1, -0.05) is 33.6 Å². The van der Waals surface area contributed by atoms with Crippen LogP contribution < -0.4 is 5.32 Å². The van der Waals surface area contributed by atoms with Crippen molar-refractivity contribution in [2.75, 3.05) is 18.1 Å². The van der Waals surface area contributed by atoms with Crippen LogP contribution in [-0.4, -0.2) is 49.5 Å². The summed E-state index contributed by atoms with van der Waals surface area (Å²) in [6.45, 7) is 6.06. The Morgan fingerprint density at radius 3 is 2.47 bits per heavy atom. The van der Waals surface area contributed by atoms with E-state index >= 15 is 0 Å². The van der Waals surface area contributed by atoms with Crippen molar-refractivity contribution in [3.8, 4) is 0 Å². The largest absolute Gasteiger partial charge is 0.325 e. The number of rotatable bonds is 8. The number of hydrogen-bond acceptors (Lipinski definition) is 4. The van der Waals surface area contributed by atoms with Gasteiger partial charge >= 0.3 is 0 Å². The van der Waals surface area contributed by atoms with Crippen molar-refractivity contribution in [3.63, 3.8) is 0 Å². The fourth-order valence-corrected chi connectivity index (χ4v) is 3.11. The van der Waals surface area contributed by atoms with Gasteiger partial charge in [-0.15, -0.1) is 0 Å². The molecule has 1 heterocycles. The first-order valence-corrected chi connectivity index (χ1v) is 9.04. The van der Waals surface area contributed by atoms with Crippen LogP contribution in [0.2, 0.25) is 0 Å². The monoisotopic (exact) mass is 290 g/mol. The third kappa shape index (κ3) is 4.45. The number of carbonyl (C=O) groups is 1. The van der Waals surface area contributed by atoms with Crippen molar-refractivity contribution < 1.29 is 13.2 Å². The molecule has 0 aliphatic carbocycles. The molecule has 1 amide bonds. The molecule has 2 unspecified atom stereocenters. The summed E-state index contributed by atoms with van der Waals surface area (Å²) in [7, 11) is -3.02. The van der Waals surface area contributed by atoms with Gasteiger partial charge < -0.3 is 4.90 Å². The van der Waals surface area contributed by atoms with Crippen molar-refractivity contribution in [2.24, 2.45) is 0 Å². The number of sulfone groups is 1. The number of nitrogens with zero attached hydrogens (tertiary/aromatic N) is 1. The minimum Gasteiger partial charge on any atom is -0.325 e. The summed E-state index contributed by atoms with van der Waals surface area (Å²) in [5, 5.41) is 3.31. The third-order valence-corrected chi connectivity index (χ3v) is 5.35. The highest BCUT2D eigenvalue weighted by Gasteiger charge is 2.37. The van der Waals surface area contributed by atoms with Crippen LogP contribution in [0.25, 0.3) is 0 Å². The smallest absolute Gasteiger partial charge is 0.241 e. The number of nitrogens with one attached hydrogen (secondary N) is 1. The molecule has 0 aromatic rings. The average molecular weight is 290 g/mol. The van der Waals surface area contributed by atoms with Gasteiger partial charge in [0.15, 0.2) is 9.84 Å². The van der Waals surface area contributed by atoms with Gasteiger partial charge in [0.1, 0.15) is 0 Å². The molecule has 19 heavy (non-hydrogen) atoms. The first-order chi connectivity index (χ1) is 8.95. The SMILES string of the molecule is CCCCC1NC(CC)N(CCS(=O)(=O)CC)C1=O. The number of unbranched alkanes of at least 4 members (excludes halogenated alkanes) is 1. The van der Waals surface area contributed by atoms with Crippen LogP contribution in [0, 0.1) is 0 Å². The number of amides is 1. The van der Waals surface area contributed by atoms with Gasteiger partial charge in [-0.2, -0.15) is 0 Å². The zero-order chi connectivity index (χ0) is 14.5. The molecule has 5 nitrogen and oxygen atoms in total. The van der Waals surface area contributed by atoms with Gasteiger partial charge in [0.05, 0.1) is 18.0 Å². The lowest BCUT2D eigenvalue weighted by molar-refractivity contribution is -0.129. The van der Waals surface area contributed by atoms with E-state index in [9.17, 15) is 13.2 Å². The predicted molar refractivity (Wildman–Crippen MR) is 76.6 cm³/mol. The quantitative estimate of drug-likeness (QED) is 0.728. The van der Waals surface area contributed by atoms with Gasteiger partial charge in [0.2, 0.25) is 5.91 Å². The molecule has 112 valence electrons. The van der Waals surface area contributed by atoms with Crippen LogP contribution in [0.3, 0.4) is 0 Å². The molecule has 1 rings (SSSR count). The van der Waals surface area contributed by atoms with E-state index in [0.29, 0.717) is 6.54 Å². The second-order valence-electron chi connectivity index (χ2n) is 5.05. The van der Waals surface area contributed by atoms with E-state index in [-0.39, 0.29) is 29.6 Å².